The van der Waals surface area contributed by atoms with E-state index < -0.39 is 10.0 Å². The minimum Gasteiger partial charge on any atom is -0.487 e. The van der Waals surface area contributed by atoms with Crippen LogP contribution < -0.4 is 9.46 Å². The summed E-state index contributed by atoms with van der Waals surface area (Å²) >= 11 is 12.3. The molecule has 1 heterocycles. The predicted molar refractivity (Wildman–Crippen MR) is 110 cm³/mol. The quantitative estimate of drug-likeness (QED) is 0.662. The summed E-state index contributed by atoms with van der Waals surface area (Å²) in [5.41, 5.74) is 0.874. The molecule has 27 heavy (non-hydrogen) atoms. The lowest BCUT2D eigenvalue weighted by molar-refractivity contribution is 0.0260. The molecule has 0 unspecified atom stereocenters. The van der Waals surface area contributed by atoms with Crippen LogP contribution in [0.5, 0.6) is 5.75 Å². The molecule has 0 amide bonds. The van der Waals surface area contributed by atoms with Crippen LogP contribution in [0.25, 0.3) is 0 Å². The van der Waals surface area contributed by atoms with E-state index in [4.69, 9.17) is 27.9 Å². The largest absolute Gasteiger partial charge is 0.487 e. The molecule has 4 nitrogen and oxygen atoms in total. The van der Waals surface area contributed by atoms with Crippen LogP contribution >= 0.6 is 23.2 Å². The molecule has 0 saturated carbocycles. The van der Waals surface area contributed by atoms with Crippen molar-refractivity contribution in [3.63, 3.8) is 0 Å². The molecule has 0 aromatic heterocycles. The number of halogens is 2. The highest BCUT2D eigenvalue weighted by molar-refractivity contribution is 7.88. The fourth-order valence-electron chi connectivity index (χ4n) is 3.53. The van der Waals surface area contributed by atoms with Crippen molar-refractivity contribution in [3.05, 3.63) is 63.6 Å². The zero-order valence-electron chi connectivity index (χ0n) is 15.3. The molecule has 0 fully saturated rings. The molecule has 7 heteroatoms. The normalized spacial score (nSPS) is 18.6. The van der Waals surface area contributed by atoms with E-state index in [2.05, 4.69) is 18.6 Å². The maximum absolute atomic E-state index is 12.9. The molecular formula is C20H23Cl2NO3S. The van der Waals surface area contributed by atoms with E-state index in [0.29, 0.717) is 22.0 Å². The van der Waals surface area contributed by atoms with Gasteiger partial charge in [0.2, 0.25) is 10.0 Å². The summed E-state index contributed by atoms with van der Waals surface area (Å²) in [5.74, 6) is 0.465. The fraction of sp³-hybridized carbons (Fsp3) is 0.400. The van der Waals surface area contributed by atoms with E-state index in [1.165, 1.54) is 0 Å². The minimum atomic E-state index is -3.66. The molecule has 1 aliphatic rings. The van der Waals surface area contributed by atoms with Crippen LogP contribution in [-0.4, -0.2) is 14.0 Å². The van der Waals surface area contributed by atoms with Crippen LogP contribution in [0.4, 0.5) is 0 Å². The molecule has 0 radical (unpaired) electrons. The van der Waals surface area contributed by atoms with Gasteiger partial charge in [-0.15, -0.1) is 0 Å². The Bertz CT molecular complexity index is 906. The lowest BCUT2D eigenvalue weighted by atomic mass is 9.84. The molecule has 0 bridgehead atoms. The van der Waals surface area contributed by atoms with Gasteiger partial charge in [-0.05, 0) is 31.0 Å². The van der Waals surface area contributed by atoms with Crippen LogP contribution in [0, 0.1) is 0 Å². The van der Waals surface area contributed by atoms with E-state index in [1.54, 1.807) is 18.2 Å². The van der Waals surface area contributed by atoms with Crippen molar-refractivity contribution in [2.75, 3.05) is 0 Å². The molecule has 0 saturated heterocycles. The third kappa shape index (κ3) is 4.43. The van der Waals surface area contributed by atoms with Crippen molar-refractivity contribution in [2.24, 2.45) is 0 Å². The monoisotopic (exact) mass is 427 g/mol. The first kappa shape index (κ1) is 20.5. The Labute approximate surface area is 170 Å². The Balaban J connectivity index is 1.91. The first-order chi connectivity index (χ1) is 12.8. The number of benzene rings is 2. The van der Waals surface area contributed by atoms with Crippen LogP contribution in [0.1, 0.15) is 50.3 Å². The number of hydrogen-bond donors (Lipinski definition) is 1. The van der Waals surface area contributed by atoms with Gasteiger partial charge in [0, 0.05) is 27.6 Å². The maximum atomic E-state index is 12.9. The molecule has 146 valence electrons. The molecule has 1 atom stereocenters. The highest BCUT2D eigenvalue weighted by atomic mass is 35.5. The lowest BCUT2D eigenvalue weighted by Gasteiger charge is -2.41. The Morgan fingerprint density at radius 3 is 2.33 bits per heavy atom. The van der Waals surface area contributed by atoms with Gasteiger partial charge in [-0.1, -0.05) is 61.3 Å². The smallest absolute Gasteiger partial charge is 0.216 e. The van der Waals surface area contributed by atoms with Gasteiger partial charge in [0.1, 0.15) is 11.4 Å². The number of rotatable bonds is 6. The second kappa shape index (κ2) is 8.00. The van der Waals surface area contributed by atoms with Gasteiger partial charge < -0.3 is 4.74 Å². The first-order valence-electron chi connectivity index (χ1n) is 9.00. The van der Waals surface area contributed by atoms with Crippen LogP contribution in [0.15, 0.2) is 42.5 Å². The molecule has 3 rings (SSSR count). The van der Waals surface area contributed by atoms with Crippen LogP contribution in [0.3, 0.4) is 0 Å². The van der Waals surface area contributed by atoms with Gasteiger partial charge in [-0.3, -0.25) is 0 Å². The molecule has 1 aliphatic heterocycles. The lowest BCUT2D eigenvalue weighted by Crippen LogP contribution is -2.44. The summed E-state index contributed by atoms with van der Waals surface area (Å²) in [5, 5.41) is 0.688. The average Bonchev–Trinajstić information content (AvgIpc) is 2.64. The first-order valence-corrected chi connectivity index (χ1v) is 11.4. The SMILES string of the molecule is CCC1(CC)C[C@H](NS(=O)(=O)Cc2c(Cl)cccc2Cl)c2ccccc2O1. The van der Waals surface area contributed by atoms with E-state index in [-0.39, 0.29) is 17.4 Å². The van der Waals surface area contributed by atoms with Crippen molar-refractivity contribution in [2.45, 2.75) is 50.5 Å². The van der Waals surface area contributed by atoms with E-state index in [9.17, 15) is 8.42 Å². The molecular weight excluding hydrogens is 405 g/mol. The third-order valence-corrected chi connectivity index (χ3v) is 7.22. The van der Waals surface area contributed by atoms with E-state index in [1.807, 2.05) is 24.3 Å². The van der Waals surface area contributed by atoms with Gasteiger partial charge in [-0.2, -0.15) is 0 Å². The number of ether oxygens (including phenoxy) is 1. The second-order valence-electron chi connectivity index (χ2n) is 6.86. The Hall–Kier alpha value is -1.27. The minimum absolute atomic E-state index is 0.268. The molecule has 0 spiro atoms. The van der Waals surface area contributed by atoms with Crippen molar-refractivity contribution < 1.29 is 13.2 Å². The zero-order valence-corrected chi connectivity index (χ0v) is 17.7. The number of sulfonamides is 1. The van der Waals surface area contributed by atoms with Crippen molar-refractivity contribution in [3.8, 4) is 5.75 Å². The van der Waals surface area contributed by atoms with Gasteiger partial charge in [-0.25, -0.2) is 13.1 Å². The number of nitrogens with one attached hydrogen (secondary N) is 1. The second-order valence-corrected chi connectivity index (χ2v) is 9.43. The van der Waals surface area contributed by atoms with Gasteiger partial charge in [0.15, 0.2) is 0 Å². The van der Waals surface area contributed by atoms with Crippen molar-refractivity contribution in [1.29, 1.82) is 0 Å². The van der Waals surface area contributed by atoms with E-state index >= 15 is 0 Å². The Morgan fingerprint density at radius 2 is 1.70 bits per heavy atom. The summed E-state index contributed by atoms with van der Waals surface area (Å²) in [4.78, 5) is 0. The molecule has 2 aromatic rings. The fourth-order valence-corrected chi connectivity index (χ4v) is 5.63. The summed E-state index contributed by atoms with van der Waals surface area (Å²) in [7, 11) is -3.66. The van der Waals surface area contributed by atoms with Gasteiger partial charge in [0.25, 0.3) is 0 Å². The van der Waals surface area contributed by atoms with Crippen molar-refractivity contribution in [1.82, 2.24) is 4.72 Å². The standard InChI is InChI=1S/C20H23Cl2NO3S/c1-3-20(4-2)12-18(14-8-5-6-11-19(14)26-20)23-27(24,25)13-15-16(21)9-7-10-17(15)22/h5-11,18,23H,3-4,12-13H2,1-2H3/t18-/m0/s1. The predicted octanol–water partition coefficient (Wildman–Crippen LogP) is 5.50. The van der Waals surface area contributed by atoms with Crippen LogP contribution in [-0.2, 0) is 15.8 Å². The number of fused-ring (bicyclic) bond motifs is 1. The topological polar surface area (TPSA) is 55.4 Å². The summed E-state index contributed by atoms with van der Waals surface area (Å²) in [6.45, 7) is 4.12. The van der Waals surface area contributed by atoms with Gasteiger partial charge >= 0.3 is 0 Å². The Kier molecular flexibility index (Phi) is 6.06. The molecule has 0 aliphatic carbocycles. The summed E-state index contributed by atoms with van der Waals surface area (Å²) in [6.07, 6.45) is 2.17. The van der Waals surface area contributed by atoms with Crippen molar-refractivity contribution >= 4 is 33.2 Å². The summed E-state index contributed by atoms with van der Waals surface area (Å²) < 4.78 is 34.9. The molecule has 1 N–H and O–H groups in total. The van der Waals surface area contributed by atoms with E-state index in [0.717, 1.165) is 24.2 Å². The molecule has 2 aromatic carbocycles. The summed E-state index contributed by atoms with van der Waals surface area (Å²) in [6, 6.07) is 12.2. The number of para-hydroxylation sites is 1. The Morgan fingerprint density at radius 1 is 1.07 bits per heavy atom. The third-order valence-electron chi connectivity index (χ3n) is 5.20. The maximum Gasteiger partial charge on any atom is 0.216 e. The highest BCUT2D eigenvalue weighted by Gasteiger charge is 2.39. The number of hydrogen-bond acceptors (Lipinski definition) is 3. The average molecular weight is 428 g/mol. The highest BCUT2D eigenvalue weighted by Crippen LogP contribution is 2.43. The zero-order chi connectivity index (χ0) is 19.7. The van der Waals surface area contributed by atoms with Gasteiger partial charge in [0.05, 0.1) is 11.8 Å². The van der Waals surface area contributed by atoms with Crippen LogP contribution in [0.2, 0.25) is 10.0 Å².